The number of aromatic nitrogens is 2. The molecule has 0 saturated heterocycles. The Morgan fingerprint density at radius 2 is 1.81 bits per heavy atom. The Kier molecular flexibility index (Phi) is 6.40. The summed E-state index contributed by atoms with van der Waals surface area (Å²) >= 11 is 0. The third-order valence-corrected chi connectivity index (χ3v) is 3.29. The first-order valence-electron chi connectivity index (χ1n) is 7.69. The van der Waals surface area contributed by atoms with Gasteiger partial charge in [-0.05, 0) is 12.8 Å². The minimum atomic E-state index is -0.0868. The Morgan fingerprint density at radius 1 is 1.19 bits per heavy atom. The number of nitrogens with zero attached hydrogens (tertiary/aromatic N) is 2. The molecule has 1 aromatic heterocycles. The number of rotatable bonds is 7. The summed E-state index contributed by atoms with van der Waals surface area (Å²) in [5.74, 6) is 2.97. The van der Waals surface area contributed by atoms with E-state index in [9.17, 15) is 0 Å². The molecule has 120 valence electrons. The van der Waals surface area contributed by atoms with Crippen molar-refractivity contribution in [1.29, 1.82) is 0 Å². The van der Waals surface area contributed by atoms with Crippen LogP contribution in [0.3, 0.4) is 0 Å². The van der Waals surface area contributed by atoms with Gasteiger partial charge in [0.05, 0.1) is 12.6 Å². The topological polar surface area (TPSA) is 59.1 Å². The van der Waals surface area contributed by atoms with E-state index in [0.717, 1.165) is 24.1 Å². The minimum absolute atomic E-state index is 0.0868. The second-order valence-electron chi connectivity index (χ2n) is 6.62. The van der Waals surface area contributed by atoms with E-state index in [-0.39, 0.29) is 11.5 Å². The van der Waals surface area contributed by atoms with Gasteiger partial charge in [-0.2, -0.15) is 0 Å². The number of ether oxygens (including phenoxy) is 1. The number of anilines is 2. The minimum Gasteiger partial charge on any atom is -0.380 e. The van der Waals surface area contributed by atoms with Crippen molar-refractivity contribution in [2.75, 3.05) is 30.9 Å². The van der Waals surface area contributed by atoms with Gasteiger partial charge in [0.1, 0.15) is 17.5 Å². The molecule has 0 fully saturated rings. The predicted octanol–water partition coefficient (Wildman–Crippen LogP) is 3.29. The summed E-state index contributed by atoms with van der Waals surface area (Å²) in [6, 6.07) is 2.17. The second kappa shape index (κ2) is 7.59. The van der Waals surface area contributed by atoms with E-state index in [2.05, 4.69) is 55.2 Å². The molecule has 0 aliphatic heterocycles. The zero-order chi connectivity index (χ0) is 16.0. The summed E-state index contributed by atoms with van der Waals surface area (Å²) in [7, 11) is 1.87. The third kappa shape index (κ3) is 5.50. The monoisotopic (exact) mass is 294 g/mol. The summed E-state index contributed by atoms with van der Waals surface area (Å²) in [6.07, 6.45) is 0. The Balaban J connectivity index is 2.99. The molecule has 1 aromatic rings. The van der Waals surface area contributed by atoms with Crippen molar-refractivity contribution in [1.82, 2.24) is 9.97 Å². The highest BCUT2D eigenvalue weighted by atomic mass is 16.5. The standard InChI is InChI=1S/C16H30N4O/c1-8-21-10-12(11(2)3)18-14-9-13(17-7)19-15(20-14)16(4,5)6/h9,11-12H,8,10H2,1-7H3,(H2,17,18,19,20). The summed E-state index contributed by atoms with van der Waals surface area (Å²) in [4.78, 5) is 9.21. The normalized spacial score (nSPS) is 13.3. The molecule has 0 spiro atoms. The van der Waals surface area contributed by atoms with Gasteiger partial charge in [0, 0.05) is 25.1 Å². The van der Waals surface area contributed by atoms with Crippen molar-refractivity contribution >= 4 is 11.6 Å². The highest BCUT2D eigenvalue weighted by molar-refractivity contribution is 5.48. The summed E-state index contributed by atoms with van der Waals surface area (Å²) in [6.45, 7) is 14.1. The predicted molar refractivity (Wildman–Crippen MR) is 89.0 cm³/mol. The van der Waals surface area contributed by atoms with Gasteiger partial charge in [-0.15, -0.1) is 0 Å². The molecule has 2 N–H and O–H groups in total. The average molecular weight is 294 g/mol. The molecule has 0 bridgehead atoms. The fourth-order valence-corrected chi connectivity index (χ4v) is 1.82. The first-order chi connectivity index (χ1) is 9.77. The Hall–Kier alpha value is -1.36. The number of nitrogens with one attached hydrogen (secondary N) is 2. The molecule has 5 heteroatoms. The van der Waals surface area contributed by atoms with E-state index in [1.807, 2.05) is 20.0 Å². The third-order valence-electron chi connectivity index (χ3n) is 3.29. The van der Waals surface area contributed by atoms with Crippen LogP contribution in [0.4, 0.5) is 11.6 Å². The molecule has 5 nitrogen and oxygen atoms in total. The molecule has 0 radical (unpaired) electrons. The van der Waals surface area contributed by atoms with Crippen LogP contribution < -0.4 is 10.6 Å². The lowest BCUT2D eigenvalue weighted by molar-refractivity contribution is 0.126. The van der Waals surface area contributed by atoms with Gasteiger partial charge < -0.3 is 15.4 Å². The van der Waals surface area contributed by atoms with Crippen LogP contribution >= 0.6 is 0 Å². The molecule has 21 heavy (non-hydrogen) atoms. The van der Waals surface area contributed by atoms with Crippen molar-refractivity contribution in [2.45, 2.75) is 53.0 Å². The van der Waals surface area contributed by atoms with Crippen LogP contribution in [-0.2, 0) is 10.2 Å². The molecule has 0 aliphatic carbocycles. The molecule has 1 atom stereocenters. The highest BCUT2D eigenvalue weighted by Crippen LogP contribution is 2.23. The quantitative estimate of drug-likeness (QED) is 0.808. The van der Waals surface area contributed by atoms with Crippen LogP contribution in [0.5, 0.6) is 0 Å². The fraction of sp³-hybridized carbons (Fsp3) is 0.750. The van der Waals surface area contributed by atoms with Gasteiger partial charge >= 0.3 is 0 Å². The fourth-order valence-electron chi connectivity index (χ4n) is 1.82. The van der Waals surface area contributed by atoms with E-state index in [0.29, 0.717) is 12.5 Å². The van der Waals surface area contributed by atoms with E-state index in [4.69, 9.17) is 4.74 Å². The van der Waals surface area contributed by atoms with E-state index in [1.165, 1.54) is 0 Å². The lowest BCUT2D eigenvalue weighted by Gasteiger charge is -2.24. The van der Waals surface area contributed by atoms with Crippen molar-refractivity contribution in [3.05, 3.63) is 11.9 Å². The average Bonchev–Trinajstić information content (AvgIpc) is 2.41. The van der Waals surface area contributed by atoms with Crippen molar-refractivity contribution < 1.29 is 4.74 Å². The maximum absolute atomic E-state index is 5.56. The molecule has 1 heterocycles. The van der Waals surface area contributed by atoms with Crippen LogP contribution in [0.1, 0.15) is 47.4 Å². The van der Waals surface area contributed by atoms with Gasteiger partial charge in [0.15, 0.2) is 0 Å². The Labute approximate surface area is 128 Å². The Morgan fingerprint density at radius 3 is 2.29 bits per heavy atom. The highest BCUT2D eigenvalue weighted by Gasteiger charge is 2.20. The number of hydrogen-bond acceptors (Lipinski definition) is 5. The SMILES string of the molecule is CCOCC(Nc1cc(NC)nc(C(C)(C)C)n1)C(C)C. The maximum Gasteiger partial charge on any atom is 0.138 e. The molecule has 0 aliphatic rings. The maximum atomic E-state index is 5.56. The van der Waals surface area contributed by atoms with Crippen LogP contribution in [0.15, 0.2) is 6.07 Å². The van der Waals surface area contributed by atoms with Gasteiger partial charge in [-0.25, -0.2) is 9.97 Å². The lowest BCUT2D eigenvalue weighted by Crippen LogP contribution is -2.32. The van der Waals surface area contributed by atoms with Crippen LogP contribution in [-0.4, -0.2) is 36.3 Å². The van der Waals surface area contributed by atoms with E-state index >= 15 is 0 Å². The molecular formula is C16H30N4O. The summed E-state index contributed by atoms with van der Waals surface area (Å²) in [5, 5.41) is 6.59. The van der Waals surface area contributed by atoms with Gasteiger partial charge in [-0.1, -0.05) is 34.6 Å². The van der Waals surface area contributed by atoms with E-state index in [1.54, 1.807) is 0 Å². The Bertz CT molecular complexity index is 440. The van der Waals surface area contributed by atoms with Gasteiger partial charge in [-0.3, -0.25) is 0 Å². The molecule has 1 unspecified atom stereocenters. The molecule has 0 aromatic carbocycles. The summed E-state index contributed by atoms with van der Waals surface area (Å²) in [5.41, 5.74) is -0.0868. The first kappa shape index (κ1) is 17.7. The van der Waals surface area contributed by atoms with Crippen LogP contribution in [0, 0.1) is 5.92 Å². The van der Waals surface area contributed by atoms with E-state index < -0.39 is 0 Å². The van der Waals surface area contributed by atoms with Crippen molar-refractivity contribution in [3.8, 4) is 0 Å². The van der Waals surface area contributed by atoms with Crippen LogP contribution in [0.2, 0.25) is 0 Å². The van der Waals surface area contributed by atoms with Crippen molar-refractivity contribution in [2.24, 2.45) is 5.92 Å². The smallest absolute Gasteiger partial charge is 0.138 e. The van der Waals surface area contributed by atoms with Crippen LogP contribution in [0.25, 0.3) is 0 Å². The zero-order valence-corrected chi connectivity index (χ0v) is 14.4. The molecule has 1 rings (SSSR count). The molecule has 0 amide bonds. The molecular weight excluding hydrogens is 264 g/mol. The summed E-state index contributed by atoms with van der Waals surface area (Å²) < 4.78 is 5.56. The van der Waals surface area contributed by atoms with Gasteiger partial charge in [0.2, 0.25) is 0 Å². The van der Waals surface area contributed by atoms with Crippen molar-refractivity contribution in [3.63, 3.8) is 0 Å². The lowest BCUT2D eigenvalue weighted by atomic mass is 9.95. The first-order valence-corrected chi connectivity index (χ1v) is 7.69. The number of hydrogen-bond donors (Lipinski definition) is 2. The van der Waals surface area contributed by atoms with Gasteiger partial charge in [0.25, 0.3) is 0 Å². The largest absolute Gasteiger partial charge is 0.380 e. The zero-order valence-electron chi connectivity index (χ0n) is 14.4. The second-order valence-corrected chi connectivity index (χ2v) is 6.62. The molecule has 0 saturated carbocycles.